The Bertz CT molecular complexity index is 520. The van der Waals surface area contributed by atoms with Crippen molar-refractivity contribution < 1.29 is 0 Å². The van der Waals surface area contributed by atoms with Crippen LogP contribution in [0.15, 0.2) is 0 Å². The van der Waals surface area contributed by atoms with Crippen molar-refractivity contribution in [2.24, 2.45) is 65.1 Å². The smallest absolute Gasteiger partial charge is 0.0321 e. The van der Waals surface area contributed by atoms with Crippen molar-refractivity contribution in [1.29, 1.82) is 0 Å². The third kappa shape index (κ3) is 3.98. The van der Waals surface area contributed by atoms with Crippen molar-refractivity contribution >= 4 is 0 Å². The molecule has 0 heteroatoms. The summed E-state index contributed by atoms with van der Waals surface area (Å²) in [7, 11) is 0. The summed E-state index contributed by atoms with van der Waals surface area (Å²) in [6.07, 6.45) is 23.5. The van der Waals surface area contributed by atoms with Crippen LogP contribution in [0.2, 0.25) is 0 Å². The van der Waals surface area contributed by atoms with Crippen LogP contribution in [0.25, 0.3) is 0 Å². The zero-order valence-electron chi connectivity index (χ0n) is 20.0. The van der Waals surface area contributed by atoms with Crippen LogP contribution >= 0.6 is 0 Å². The van der Waals surface area contributed by atoms with Crippen LogP contribution in [-0.2, 0) is 0 Å². The Balaban J connectivity index is 1.46. The topological polar surface area (TPSA) is 0 Å². The second-order valence-electron chi connectivity index (χ2n) is 13.0. The predicted octanol–water partition coefficient (Wildman–Crippen LogP) is 8.74. The molecule has 5 saturated carbocycles. The largest absolute Gasteiger partial charge is 0.0625 e. The highest BCUT2D eigenvalue weighted by Crippen LogP contribution is 2.63. The molecule has 0 aromatic carbocycles. The van der Waals surface area contributed by atoms with E-state index in [1.165, 1.54) is 25.7 Å². The summed E-state index contributed by atoms with van der Waals surface area (Å²) in [4.78, 5) is 0. The molecule has 0 radical (unpaired) electrons. The van der Waals surface area contributed by atoms with Crippen molar-refractivity contribution in [1.82, 2.24) is 0 Å². The Hall–Kier alpha value is 0. The summed E-state index contributed by atoms with van der Waals surface area (Å²) in [6, 6.07) is 0. The van der Waals surface area contributed by atoms with E-state index in [0.717, 1.165) is 65.1 Å². The molecule has 5 aliphatic rings. The lowest BCUT2D eigenvalue weighted by Gasteiger charge is -2.61. The van der Waals surface area contributed by atoms with E-state index in [1.54, 1.807) is 70.6 Å². The molecule has 0 heterocycles. The van der Waals surface area contributed by atoms with Gasteiger partial charge in [0.1, 0.15) is 0 Å². The predicted molar refractivity (Wildman–Crippen MR) is 125 cm³/mol. The number of rotatable bonds is 2. The first-order valence-electron chi connectivity index (χ1n) is 14.1. The minimum atomic E-state index is 1.01. The molecule has 0 N–H and O–H groups in total. The highest BCUT2D eigenvalue weighted by Gasteiger charge is 2.56. The van der Waals surface area contributed by atoms with E-state index in [9.17, 15) is 0 Å². The minimum Gasteiger partial charge on any atom is -0.0625 e. The molecule has 0 amide bonds. The van der Waals surface area contributed by atoms with Crippen molar-refractivity contribution in [3.63, 3.8) is 0 Å². The van der Waals surface area contributed by atoms with Crippen molar-refractivity contribution in [3.8, 4) is 0 Å². The fourth-order valence-corrected chi connectivity index (χ4v) is 10.0. The number of hydrogen-bond acceptors (Lipinski definition) is 0. The van der Waals surface area contributed by atoms with E-state index >= 15 is 0 Å². The van der Waals surface area contributed by atoms with Gasteiger partial charge in [0, 0.05) is 0 Å². The van der Waals surface area contributed by atoms with Crippen LogP contribution in [0, 0.1) is 65.1 Å². The van der Waals surface area contributed by atoms with Crippen LogP contribution in [-0.4, -0.2) is 0 Å². The van der Waals surface area contributed by atoms with Crippen LogP contribution in [0.4, 0.5) is 0 Å². The Labute approximate surface area is 182 Å². The molecule has 0 aliphatic heterocycles. The Morgan fingerprint density at radius 1 is 0.379 bits per heavy atom. The molecule has 29 heavy (non-hydrogen) atoms. The molecule has 0 bridgehead atoms. The fourth-order valence-electron chi connectivity index (χ4n) is 10.0. The fraction of sp³-hybridized carbons (Fsp3) is 1.00. The van der Waals surface area contributed by atoms with Crippen LogP contribution in [0.3, 0.4) is 0 Å². The van der Waals surface area contributed by atoms with E-state index in [1.807, 2.05) is 0 Å². The summed E-state index contributed by atoms with van der Waals surface area (Å²) in [5.41, 5.74) is 0. The SMILES string of the molecule is CC1CCC(C2C3CCCCC3C(C3CCC(C)CC3)C3C(C)CCCC23)CC1. The molecule has 5 rings (SSSR count). The maximum Gasteiger partial charge on any atom is -0.0321 e. The van der Waals surface area contributed by atoms with E-state index in [4.69, 9.17) is 0 Å². The summed E-state index contributed by atoms with van der Waals surface area (Å²) < 4.78 is 0. The van der Waals surface area contributed by atoms with Gasteiger partial charge in [0.2, 0.25) is 0 Å². The second kappa shape index (κ2) is 8.86. The van der Waals surface area contributed by atoms with Crippen LogP contribution < -0.4 is 0 Å². The highest BCUT2D eigenvalue weighted by atomic mass is 14.6. The Kier molecular flexibility index (Phi) is 6.38. The number of hydrogen-bond donors (Lipinski definition) is 0. The lowest BCUT2D eigenvalue weighted by Crippen LogP contribution is -2.55. The summed E-state index contributed by atoms with van der Waals surface area (Å²) in [6.45, 7) is 7.73. The Morgan fingerprint density at radius 2 is 0.862 bits per heavy atom. The van der Waals surface area contributed by atoms with Gasteiger partial charge in [0.25, 0.3) is 0 Å². The van der Waals surface area contributed by atoms with Gasteiger partial charge in [-0.25, -0.2) is 0 Å². The van der Waals surface area contributed by atoms with Crippen molar-refractivity contribution in [3.05, 3.63) is 0 Å². The van der Waals surface area contributed by atoms with Gasteiger partial charge in [0.15, 0.2) is 0 Å². The molecule has 7 unspecified atom stereocenters. The average Bonchev–Trinajstić information content (AvgIpc) is 2.74. The van der Waals surface area contributed by atoms with Crippen molar-refractivity contribution in [2.75, 3.05) is 0 Å². The van der Waals surface area contributed by atoms with Gasteiger partial charge in [0.05, 0.1) is 0 Å². The van der Waals surface area contributed by atoms with Crippen LogP contribution in [0.1, 0.15) is 117 Å². The zero-order chi connectivity index (χ0) is 20.0. The molecule has 166 valence electrons. The van der Waals surface area contributed by atoms with Gasteiger partial charge >= 0.3 is 0 Å². The van der Waals surface area contributed by atoms with E-state index in [0.29, 0.717) is 0 Å². The van der Waals surface area contributed by atoms with E-state index in [-0.39, 0.29) is 0 Å². The molecular formula is C29H50. The van der Waals surface area contributed by atoms with E-state index in [2.05, 4.69) is 20.8 Å². The molecule has 5 fully saturated rings. The Morgan fingerprint density at radius 3 is 1.45 bits per heavy atom. The number of fused-ring (bicyclic) bond motifs is 2. The van der Waals surface area contributed by atoms with Gasteiger partial charge in [-0.05, 0) is 110 Å². The lowest BCUT2D eigenvalue weighted by molar-refractivity contribution is -0.130. The third-order valence-electron chi connectivity index (χ3n) is 11.4. The molecule has 0 spiro atoms. The van der Waals surface area contributed by atoms with Crippen molar-refractivity contribution in [2.45, 2.75) is 117 Å². The normalized spacial score (nSPS) is 53.7. The third-order valence-corrected chi connectivity index (χ3v) is 11.4. The average molecular weight is 399 g/mol. The summed E-state index contributed by atoms with van der Waals surface area (Å²) in [5.74, 6) is 11.9. The minimum absolute atomic E-state index is 1.01. The van der Waals surface area contributed by atoms with Crippen LogP contribution in [0.5, 0.6) is 0 Å². The van der Waals surface area contributed by atoms with Gasteiger partial charge in [-0.1, -0.05) is 72.1 Å². The molecule has 0 aromatic heterocycles. The van der Waals surface area contributed by atoms with Gasteiger partial charge in [-0.2, -0.15) is 0 Å². The zero-order valence-corrected chi connectivity index (χ0v) is 20.0. The standard InChI is InChI=1S/C29H50/c1-19-11-15-22(16-12-19)28-24-8-4-5-9-25(24)29(23-17-13-20(2)14-18-23)27-21(3)7-6-10-26(27)28/h19-29H,4-18H2,1-3H3. The highest BCUT2D eigenvalue weighted by molar-refractivity contribution is 5.04. The van der Waals surface area contributed by atoms with Gasteiger partial charge in [-0.3, -0.25) is 0 Å². The molecule has 0 aromatic rings. The van der Waals surface area contributed by atoms with E-state index < -0.39 is 0 Å². The molecule has 5 aliphatic carbocycles. The molecule has 0 nitrogen and oxygen atoms in total. The van der Waals surface area contributed by atoms with Gasteiger partial charge < -0.3 is 0 Å². The monoisotopic (exact) mass is 398 g/mol. The lowest BCUT2D eigenvalue weighted by atomic mass is 9.43. The molecule has 0 saturated heterocycles. The second-order valence-corrected chi connectivity index (χ2v) is 13.0. The first-order valence-corrected chi connectivity index (χ1v) is 14.1. The molecule has 7 atom stereocenters. The first-order chi connectivity index (χ1) is 14.1. The summed E-state index contributed by atoms with van der Waals surface area (Å²) >= 11 is 0. The maximum absolute atomic E-state index is 2.69. The van der Waals surface area contributed by atoms with Gasteiger partial charge in [-0.15, -0.1) is 0 Å². The quantitative estimate of drug-likeness (QED) is 0.436. The summed E-state index contributed by atoms with van der Waals surface area (Å²) in [5, 5.41) is 0. The first kappa shape index (κ1) is 20.9. The molecular weight excluding hydrogens is 348 g/mol. The maximum atomic E-state index is 2.69.